The molecule has 0 aliphatic carbocycles. The Kier molecular flexibility index (Phi) is 6.01. The Bertz CT molecular complexity index is 1360. The third-order valence-electron chi connectivity index (χ3n) is 4.59. The number of hydrogen-bond acceptors (Lipinski definition) is 6. The van der Waals surface area contributed by atoms with E-state index in [9.17, 15) is 14.4 Å². The van der Waals surface area contributed by atoms with Gasteiger partial charge >= 0.3 is 0 Å². The largest absolute Gasteiger partial charge is 0.325 e. The maximum atomic E-state index is 13.1. The summed E-state index contributed by atoms with van der Waals surface area (Å²) in [5.41, 5.74) is 3.29. The molecule has 1 N–H and O–H groups in total. The highest BCUT2D eigenvalue weighted by atomic mass is 32.2. The van der Waals surface area contributed by atoms with E-state index in [1.807, 2.05) is 36.6 Å². The zero-order valence-electron chi connectivity index (χ0n) is 16.9. The second-order valence-electron chi connectivity index (χ2n) is 6.98. The molecule has 8 heteroatoms. The van der Waals surface area contributed by atoms with Crippen molar-refractivity contribution in [2.45, 2.75) is 19.0 Å². The zero-order valence-corrected chi connectivity index (χ0v) is 18.5. The van der Waals surface area contributed by atoms with Crippen molar-refractivity contribution >= 4 is 50.7 Å². The second kappa shape index (κ2) is 8.87. The molecule has 4 aromatic rings. The van der Waals surface area contributed by atoms with E-state index < -0.39 is 0 Å². The number of aryl methyl sites for hydroxylation is 1. The van der Waals surface area contributed by atoms with Gasteiger partial charge in [-0.2, -0.15) is 0 Å². The number of thiophene rings is 1. The quantitative estimate of drug-likeness (QED) is 0.262. The van der Waals surface area contributed by atoms with Crippen LogP contribution in [0.1, 0.15) is 22.8 Å². The van der Waals surface area contributed by atoms with Gasteiger partial charge in [0.25, 0.3) is 5.56 Å². The molecule has 0 aliphatic heterocycles. The number of carbonyl (C=O) groups is 2. The highest BCUT2D eigenvalue weighted by Gasteiger charge is 2.16. The first-order valence-corrected chi connectivity index (χ1v) is 11.4. The molecule has 0 unspecified atom stereocenters. The van der Waals surface area contributed by atoms with Crippen molar-refractivity contribution in [3.8, 4) is 5.69 Å². The van der Waals surface area contributed by atoms with E-state index >= 15 is 0 Å². The van der Waals surface area contributed by atoms with E-state index in [-0.39, 0.29) is 23.0 Å². The first kappa shape index (κ1) is 21.0. The Morgan fingerprint density at radius 1 is 1.13 bits per heavy atom. The summed E-state index contributed by atoms with van der Waals surface area (Å²) in [6.07, 6.45) is 0. The summed E-state index contributed by atoms with van der Waals surface area (Å²) >= 11 is 2.55. The summed E-state index contributed by atoms with van der Waals surface area (Å²) in [7, 11) is 0. The fourth-order valence-corrected chi connectivity index (χ4v) is 4.70. The smallest absolute Gasteiger partial charge is 0.276 e. The first-order valence-electron chi connectivity index (χ1n) is 9.53. The predicted octanol–water partition coefficient (Wildman–Crippen LogP) is 4.69. The molecule has 6 nitrogen and oxygen atoms in total. The van der Waals surface area contributed by atoms with E-state index in [0.29, 0.717) is 32.3 Å². The molecule has 31 heavy (non-hydrogen) atoms. The van der Waals surface area contributed by atoms with Crippen LogP contribution in [0.4, 0.5) is 5.69 Å². The van der Waals surface area contributed by atoms with E-state index in [4.69, 9.17) is 0 Å². The van der Waals surface area contributed by atoms with Crippen LogP contribution in [0.3, 0.4) is 0 Å². The average Bonchev–Trinajstić information content (AvgIpc) is 3.21. The van der Waals surface area contributed by atoms with Crippen molar-refractivity contribution in [3.63, 3.8) is 0 Å². The minimum Gasteiger partial charge on any atom is -0.325 e. The minimum atomic E-state index is -0.249. The topological polar surface area (TPSA) is 81.1 Å². The van der Waals surface area contributed by atoms with Crippen LogP contribution in [-0.2, 0) is 4.79 Å². The number of nitrogens with one attached hydrogen (secondary N) is 1. The molecule has 0 aliphatic rings. The molecule has 0 fully saturated rings. The number of anilines is 1. The van der Waals surface area contributed by atoms with Gasteiger partial charge in [-0.3, -0.25) is 19.0 Å². The van der Waals surface area contributed by atoms with Crippen molar-refractivity contribution in [2.24, 2.45) is 0 Å². The number of hydrogen-bond donors (Lipinski definition) is 1. The molecule has 0 spiro atoms. The van der Waals surface area contributed by atoms with Gasteiger partial charge in [0.1, 0.15) is 4.70 Å². The first-order chi connectivity index (χ1) is 14.9. The normalized spacial score (nSPS) is 10.9. The number of Topliss-reactive ketones (excluding diaryl/α,β-unsaturated/α-hetero) is 1. The van der Waals surface area contributed by atoms with Gasteiger partial charge in [-0.25, -0.2) is 4.98 Å². The number of nitrogens with zero attached hydrogens (tertiary/aromatic N) is 2. The number of aromatic nitrogens is 2. The van der Waals surface area contributed by atoms with Gasteiger partial charge in [-0.1, -0.05) is 36.0 Å². The summed E-state index contributed by atoms with van der Waals surface area (Å²) in [6, 6.07) is 16.2. The SMILES string of the molecule is CC(=O)c1cccc(NC(=O)CSc2nc3ccsc3c(=O)n2-c2cccc(C)c2)c1. The van der Waals surface area contributed by atoms with Crippen molar-refractivity contribution in [3.05, 3.63) is 81.5 Å². The van der Waals surface area contributed by atoms with Crippen molar-refractivity contribution in [2.75, 3.05) is 11.1 Å². The predicted molar refractivity (Wildman–Crippen MR) is 126 cm³/mol. The summed E-state index contributed by atoms with van der Waals surface area (Å²) in [4.78, 5) is 41.9. The summed E-state index contributed by atoms with van der Waals surface area (Å²) in [5, 5.41) is 5.09. The number of benzene rings is 2. The monoisotopic (exact) mass is 449 g/mol. The number of rotatable bonds is 6. The molecular formula is C23H19N3O3S2. The summed E-state index contributed by atoms with van der Waals surface area (Å²) < 4.78 is 2.14. The van der Waals surface area contributed by atoms with Crippen LogP contribution in [-0.4, -0.2) is 27.0 Å². The maximum Gasteiger partial charge on any atom is 0.276 e. The lowest BCUT2D eigenvalue weighted by Crippen LogP contribution is -2.22. The van der Waals surface area contributed by atoms with E-state index in [2.05, 4.69) is 10.3 Å². The lowest BCUT2D eigenvalue weighted by atomic mass is 10.1. The third kappa shape index (κ3) is 4.60. The summed E-state index contributed by atoms with van der Waals surface area (Å²) in [6.45, 7) is 3.44. The van der Waals surface area contributed by atoms with Crippen LogP contribution in [0.5, 0.6) is 0 Å². The number of fused-ring (bicyclic) bond motifs is 1. The van der Waals surface area contributed by atoms with Crippen molar-refractivity contribution in [1.29, 1.82) is 0 Å². The van der Waals surface area contributed by atoms with Crippen LogP contribution in [0.25, 0.3) is 15.9 Å². The molecule has 0 atom stereocenters. The molecule has 156 valence electrons. The number of ketones is 1. The lowest BCUT2D eigenvalue weighted by Gasteiger charge is -2.13. The number of carbonyl (C=O) groups excluding carboxylic acids is 2. The van der Waals surface area contributed by atoms with Gasteiger partial charge in [0.15, 0.2) is 10.9 Å². The van der Waals surface area contributed by atoms with E-state index in [0.717, 1.165) is 5.56 Å². The Balaban J connectivity index is 1.61. The van der Waals surface area contributed by atoms with Gasteiger partial charge in [0.05, 0.1) is 17.0 Å². The molecule has 2 aromatic heterocycles. The van der Waals surface area contributed by atoms with Crippen LogP contribution in [0.2, 0.25) is 0 Å². The zero-order chi connectivity index (χ0) is 22.0. The average molecular weight is 450 g/mol. The Morgan fingerprint density at radius 2 is 1.94 bits per heavy atom. The third-order valence-corrected chi connectivity index (χ3v) is 6.42. The number of thioether (sulfide) groups is 1. The van der Waals surface area contributed by atoms with Crippen LogP contribution in [0.15, 0.2) is 69.9 Å². The molecular weight excluding hydrogens is 430 g/mol. The fraction of sp³-hybridized carbons (Fsp3) is 0.130. The van der Waals surface area contributed by atoms with E-state index in [1.165, 1.54) is 30.0 Å². The van der Waals surface area contributed by atoms with Crippen molar-refractivity contribution in [1.82, 2.24) is 9.55 Å². The minimum absolute atomic E-state index is 0.0677. The lowest BCUT2D eigenvalue weighted by molar-refractivity contribution is -0.113. The van der Waals surface area contributed by atoms with Gasteiger partial charge < -0.3 is 5.32 Å². The molecule has 0 bridgehead atoms. The van der Waals surface area contributed by atoms with Crippen LogP contribution >= 0.6 is 23.1 Å². The molecule has 0 radical (unpaired) electrons. The molecule has 2 heterocycles. The standard InChI is InChI=1S/C23H19N3O3S2/c1-14-5-3-8-18(11-14)26-22(29)21-19(9-10-30-21)25-23(26)31-13-20(28)24-17-7-4-6-16(12-17)15(2)27/h3-12H,13H2,1-2H3,(H,24,28). The Labute approximate surface area is 186 Å². The fourth-order valence-electron chi connectivity index (χ4n) is 3.13. The van der Waals surface area contributed by atoms with Crippen molar-refractivity contribution < 1.29 is 9.59 Å². The molecule has 0 saturated heterocycles. The summed E-state index contributed by atoms with van der Waals surface area (Å²) in [5.74, 6) is -0.250. The Hall–Kier alpha value is -3.23. The molecule has 4 rings (SSSR count). The molecule has 2 aromatic carbocycles. The second-order valence-corrected chi connectivity index (χ2v) is 8.84. The highest BCUT2D eigenvalue weighted by molar-refractivity contribution is 7.99. The molecule has 0 saturated carbocycles. The Morgan fingerprint density at radius 3 is 2.71 bits per heavy atom. The van der Waals surface area contributed by atoms with E-state index in [1.54, 1.807) is 34.9 Å². The van der Waals surface area contributed by atoms with Gasteiger partial charge in [-0.15, -0.1) is 11.3 Å². The maximum absolute atomic E-state index is 13.1. The highest BCUT2D eigenvalue weighted by Crippen LogP contribution is 2.24. The van der Waals surface area contributed by atoms with Gasteiger partial charge in [0, 0.05) is 11.3 Å². The van der Waals surface area contributed by atoms with Crippen LogP contribution in [0, 0.1) is 6.92 Å². The molecule has 1 amide bonds. The number of amides is 1. The van der Waals surface area contributed by atoms with Gasteiger partial charge in [-0.05, 0) is 55.1 Å². The van der Waals surface area contributed by atoms with Gasteiger partial charge in [0.2, 0.25) is 5.91 Å². The van der Waals surface area contributed by atoms with Crippen LogP contribution < -0.4 is 10.9 Å².